The topological polar surface area (TPSA) is 59.6 Å². The number of carbonyl (C=O) groups excluding carboxylic acids is 1. The first kappa shape index (κ1) is 14.1. The van der Waals surface area contributed by atoms with Crippen molar-refractivity contribution in [3.8, 4) is 0 Å². The van der Waals surface area contributed by atoms with Gasteiger partial charge in [0, 0.05) is 12.1 Å². The van der Waals surface area contributed by atoms with Gasteiger partial charge in [-0.3, -0.25) is 4.84 Å². The fraction of sp³-hybridized carbons (Fsp3) is 0.300. The van der Waals surface area contributed by atoms with Crippen LogP contribution in [-0.4, -0.2) is 26.4 Å². The summed E-state index contributed by atoms with van der Waals surface area (Å²) < 4.78 is 4.74. The predicted octanol–water partition coefficient (Wildman–Crippen LogP) is 2.69. The fourth-order valence-corrected chi connectivity index (χ4v) is 1.32. The molecular formula is C10H12Cl2N2O3. The minimum absolute atomic E-state index is 0.257. The van der Waals surface area contributed by atoms with Crippen molar-refractivity contribution in [2.75, 3.05) is 25.6 Å². The number of rotatable bonds is 5. The van der Waals surface area contributed by atoms with Crippen molar-refractivity contribution in [1.29, 1.82) is 0 Å². The van der Waals surface area contributed by atoms with E-state index in [1.54, 1.807) is 18.2 Å². The Balaban J connectivity index is 2.42. The van der Waals surface area contributed by atoms with Crippen molar-refractivity contribution < 1.29 is 14.4 Å². The van der Waals surface area contributed by atoms with Crippen molar-refractivity contribution >= 4 is 34.9 Å². The Morgan fingerprint density at radius 2 is 2.12 bits per heavy atom. The van der Waals surface area contributed by atoms with Gasteiger partial charge in [-0.1, -0.05) is 23.2 Å². The Labute approximate surface area is 109 Å². The third-order valence-corrected chi connectivity index (χ3v) is 2.30. The van der Waals surface area contributed by atoms with Gasteiger partial charge in [0.05, 0.1) is 23.9 Å². The number of nitrogens with one attached hydrogen (secondary N) is 2. The molecule has 0 aliphatic heterocycles. The molecule has 1 aromatic rings. The SMILES string of the molecule is COCCONC(=O)Nc1cc(Cl)ccc1Cl. The normalized spacial score (nSPS) is 10.1. The summed E-state index contributed by atoms with van der Waals surface area (Å²) in [6.45, 7) is 0.644. The minimum atomic E-state index is -0.537. The maximum atomic E-state index is 11.3. The molecule has 1 rings (SSSR count). The molecular weight excluding hydrogens is 267 g/mol. The number of hydroxylamine groups is 1. The maximum Gasteiger partial charge on any atom is 0.343 e. The molecule has 0 unspecified atom stereocenters. The summed E-state index contributed by atoms with van der Waals surface area (Å²) in [4.78, 5) is 16.2. The Bertz CT molecular complexity index is 388. The van der Waals surface area contributed by atoms with Gasteiger partial charge < -0.3 is 10.1 Å². The summed E-state index contributed by atoms with van der Waals surface area (Å²) in [7, 11) is 1.54. The first-order valence-electron chi connectivity index (χ1n) is 4.76. The van der Waals surface area contributed by atoms with Gasteiger partial charge in [-0.15, -0.1) is 0 Å². The average molecular weight is 279 g/mol. The molecule has 94 valence electrons. The monoisotopic (exact) mass is 278 g/mol. The molecule has 0 spiro atoms. The van der Waals surface area contributed by atoms with Crippen molar-refractivity contribution in [2.45, 2.75) is 0 Å². The molecule has 0 radical (unpaired) electrons. The lowest BCUT2D eigenvalue weighted by Gasteiger charge is -2.09. The van der Waals surface area contributed by atoms with Crippen LogP contribution in [0.2, 0.25) is 10.0 Å². The Morgan fingerprint density at radius 1 is 1.35 bits per heavy atom. The zero-order chi connectivity index (χ0) is 12.7. The van der Waals surface area contributed by atoms with E-state index in [1.807, 2.05) is 0 Å². The highest BCUT2D eigenvalue weighted by Crippen LogP contribution is 2.25. The number of urea groups is 1. The van der Waals surface area contributed by atoms with Crippen molar-refractivity contribution in [2.24, 2.45) is 0 Å². The molecule has 0 saturated heterocycles. The van der Waals surface area contributed by atoms with Gasteiger partial charge in [-0.05, 0) is 18.2 Å². The molecule has 0 heterocycles. The van der Waals surface area contributed by atoms with E-state index in [9.17, 15) is 4.79 Å². The third kappa shape index (κ3) is 5.23. The number of methoxy groups -OCH3 is 1. The largest absolute Gasteiger partial charge is 0.382 e. The highest BCUT2D eigenvalue weighted by atomic mass is 35.5. The van der Waals surface area contributed by atoms with Crippen LogP contribution in [-0.2, 0) is 9.57 Å². The number of amides is 2. The lowest BCUT2D eigenvalue weighted by Crippen LogP contribution is -2.30. The third-order valence-electron chi connectivity index (χ3n) is 1.73. The molecule has 2 N–H and O–H groups in total. The summed E-state index contributed by atoms with van der Waals surface area (Å²) in [5.41, 5.74) is 2.59. The molecule has 0 aromatic heterocycles. The van der Waals surface area contributed by atoms with Gasteiger partial charge in [0.25, 0.3) is 0 Å². The Morgan fingerprint density at radius 3 is 2.82 bits per heavy atom. The number of carbonyl (C=O) groups is 1. The van der Waals surface area contributed by atoms with Crippen molar-refractivity contribution in [3.05, 3.63) is 28.2 Å². The van der Waals surface area contributed by atoms with Gasteiger partial charge in [0.1, 0.15) is 0 Å². The smallest absolute Gasteiger partial charge is 0.343 e. The first-order chi connectivity index (χ1) is 8.13. The predicted molar refractivity (Wildman–Crippen MR) is 66.4 cm³/mol. The highest BCUT2D eigenvalue weighted by molar-refractivity contribution is 6.35. The molecule has 0 aliphatic rings. The Hall–Kier alpha value is -1.01. The summed E-state index contributed by atoms with van der Waals surface area (Å²) in [5.74, 6) is 0. The number of hydrogen-bond acceptors (Lipinski definition) is 3. The van der Waals surface area contributed by atoms with E-state index in [2.05, 4.69) is 10.8 Å². The zero-order valence-corrected chi connectivity index (χ0v) is 10.6. The van der Waals surface area contributed by atoms with E-state index >= 15 is 0 Å². The lowest BCUT2D eigenvalue weighted by atomic mass is 10.3. The molecule has 0 saturated carbocycles. The van der Waals surface area contributed by atoms with E-state index in [1.165, 1.54) is 7.11 Å². The molecule has 17 heavy (non-hydrogen) atoms. The molecule has 7 heteroatoms. The van der Waals surface area contributed by atoms with Crippen molar-refractivity contribution in [3.63, 3.8) is 0 Å². The number of hydrogen-bond donors (Lipinski definition) is 2. The van der Waals surface area contributed by atoms with Crippen LogP contribution in [0.25, 0.3) is 0 Å². The van der Waals surface area contributed by atoms with Crippen LogP contribution in [0.3, 0.4) is 0 Å². The van der Waals surface area contributed by atoms with E-state index in [0.29, 0.717) is 22.3 Å². The first-order valence-corrected chi connectivity index (χ1v) is 5.52. The second-order valence-electron chi connectivity index (χ2n) is 3.02. The van der Waals surface area contributed by atoms with Crippen LogP contribution in [0.15, 0.2) is 18.2 Å². The maximum absolute atomic E-state index is 11.3. The molecule has 0 aliphatic carbocycles. The lowest BCUT2D eigenvalue weighted by molar-refractivity contribution is 0.0272. The van der Waals surface area contributed by atoms with E-state index in [-0.39, 0.29) is 6.61 Å². The molecule has 0 fully saturated rings. The van der Waals surface area contributed by atoms with E-state index in [4.69, 9.17) is 32.8 Å². The van der Waals surface area contributed by atoms with Crippen molar-refractivity contribution in [1.82, 2.24) is 5.48 Å². The number of benzene rings is 1. The van der Waals surface area contributed by atoms with E-state index in [0.717, 1.165) is 0 Å². The van der Waals surface area contributed by atoms with Crippen LogP contribution >= 0.6 is 23.2 Å². The molecule has 5 nitrogen and oxygen atoms in total. The van der Waals surface area contributed by atoms with Gasteiger partial charge in [-0.2, -0.15) is 0 Å². The molecule has 0 bridgehead atoms. The van der Waals surface area contributed by atoms with Gasteiger partial charge in [0.15, 0.2) is 0 Å². The fourth-order valence-electron chi connectivity index (χ4n) is 0.983. The number of halogens is 2. The minimum Gasteiger partial charge on any atom is -0.382 e. The molecule has 1 aromatic carbocycles. The van der Waals surface area contributed by atoms with Crippen LogP contribution < -0.4 is 10.8 Å². The van der Waals surface area contributed by atoms with E-state index < -0.39 is 6.03 Å². The van der Waals surface area contributed by atoms with Crippen LogP contribution in [0.4, 0.5) is 10.5 Å². The summed E-state index contributed by atoms with van der Waals surface area (Å²) in [5, 5.41) is 3.36. The summed E-state index contributed by atoms with van der Waals surface area (Å²) >= 11 is 11.6. The standard InChI is InChI=1S/C10H12Cl2N2O3/c1-16-4-5-17-14-10(15)13-9-6-7(11)2-3-8(9)12/h2-3,6H,4-5H2,1H3,(H2,13,14,15). The molecule has 0 atom stereocenters. The van der Waals surface area contributed by atoms with Crippen LogP contribution in [0.5, 0.6) is 0 Å². The Kier molecular flexibility index (Phi) is 6.07. The van der Waals surface area contributed by atoms with Gasteiger partial charge in [-0.25, -0.2) is 10.3 Å². The second-order valence-corrected chi connectivity index (χ2v) is 3.87. The number of ether oxygens (including phenoxy) is 1. The van der Waals surface area contributed by atoms with Gasteiger partial charge >= 0.3 is 6.03 Å². The molecule has 2 amide bonds. The zero-order valence-electron chi connectivity index (χ0n) is 9.13. The van der Waals surface area contributed by atoms with Crippen LogP contribution in [0, 0.1) is 0 Å². The average Bonchev–Trinajstić information content (AvgIpc) is 2.29. The highest BCUT2D eigenvalue weighted by Gasteiger charge is 2.05. The quantitative estimate of drug-likeness (QED) is 0.643. The van der Waals surface area contributed by atoms with Gasteiger partial charge in [0.2, 0.25) is 0 Å². The summed E-state index contributed by atoms with van der Waals surface area (Å²) in [6, 6.07) is 4.22. The second kappa shape index (κ2) is 7.34. The number of anilines is 1. The summed E-state index contributed by atoms with van der Waals surface area (Å²) in [6.07, 6.45) is 0. The van der Waals surface area contributed by atoms with Crippen LogP contribution in [0.1, 0.15) is 0 Å².